The second kappa shape index (κ2) is 9.00. The van der Waals surface area contributed by atoms with E-state index in [1.54, 1.807) is 12.1 Å². The summed E-state index contributed by atoms with van der Waals surface area (Å²) in [5.41, 5.74) is 5.41. The molecule has 1 aliphatic heterocycles. The lowest BCUT2D eigenvalue weighted by molar-refractivity contribution is 0.0951. The van der Waals surface area contributed by atoms with Crippen molar-refractivity contribution >= 4 is 21.6 Å². The van der Waals surface area contributed by atoms with E-state index in [4.69, 9.17) is 0 Å². The molecule has 1 aliphatic carbocycles. The van der Waals surface area contributed by atoms with E-state index in [9.17, 15) is 13.2 Å². The van der Waals surface area contributed by atoms with Gasteiger partial charge in [0.15, 0.2) is 0 Å². The fourth-order valence-electron chi connectivity index (χ4n) is 4.11. The number of hydrogen-bond acceptors (Lipinski definition) is 4. The Balaban J connectivity index is 1.15. The number of rotatable bonds is 8. The van der Waals surface area contributed by atoms with Gasteiger partial charge in [-0.15, -0.1) is 0 Å². The molecule has 0 atom stereocenters. The fraction of sp³-hybridized carbons (Fsp3) is 0.269. The molecule has 0 spiro atoms. The molecule has 0 bridgehead atoms. The van der Waals surface area contributed by atoms with E-state index in [1.807, 2.05) is 12.1 Å². The molecule has 3 aromatic carbocycles. The van der Waals surface area contributed by atoms with Crippen molar-refractivity contribution in [3.8, 4) is 0 Å². The first kappa shape index (κ1) is 21.7. The summed E-state index contributed by atoms with van der Waals surface area (Å²) in [4.78, 5) is 15.1. The van der Waals surface area contributed by atoms with Crippen LogP contribution in [0.25, 0.3) is 0 Å². The predicted octanol–water partition coefficient (Wildman–Crippen LogP) is 3.62. The van der Waals surface area contributed by atoms with Crippen molar-refractivity contribution in [1.82, 2.24) is 10.0 Å². The van der Waals surface area contributed by atoms with Gasteiger partial charge in [0.25, 0.3) is 5.91 Å². The number of nitrogens with one attached hydrogen (secondary N) is 2. The highest BCUT2D eigenvalue weighted by molar-refractivity contribution is 7.89. The molecule has 7 heteroatoms. The van der Waals surface area contributed by atoms with Crippen LogP contribution >= 0.6 is 0 Å². The molecule has 3 aromatic rings. The van der Waals surface area contributed by atoms with Gasteiger partial charge in [0.1, 0.15) is 0 Å². The Kier molecular flexibility index (Phi) is 5.91. The van der Waals surface area contributed by atoms with E-state index in [0.29, 0.717) is 12.1 Å². The van der Waals surface area contributed by atoms with Crippen LogP contribution < -0.4 is 14.9 Å². The number of nitrogens with zero attached hydrogens (tertiary/aromatic N) is 1. The Morgan fingerprint density at radius 2 is 1.61 bits per heavy atom. The number of para-hydroxylation sites is 1. The van der Waals surface area contributed by atoms with Crippen molar-refractivity contribution in [2.75, 3.05) is 11.4 Å². The minimum absolute atomic E-state index is 0.0514. The summed E-state index contributed by atoms with van der Waals surface area (Å²) >= 11 is 0. The molecule has 1 heterocycles. The Bertz CT molecular complexity index is 1250. The highest BCUT2D eigenvalue weighted by atomic mass is 32.2. The fourth-order valence-corrected chi connectivity index (χ4v) is 5.42. The quantitative estimate of drug-likeness (QED) is 0.537. The largest absolute Gasteiger partial charge is 0.367 e. The van der Waals surface area contributed by atoms with Crippen molar-refractivity contribution < 1.29 is 13.2 Å². The van der Waals surface area contributed by atoms with Crippen LogP contribution in [0.15, 0.2) is 77.7 Å². The first-order valence-corrected chi connectivity index (χ1v) is 12.8. The van der Waals surface area contributed by atoms with Gasteiger partial charge in [0.05, 0.1) is 4.90 Å². The van der Waals surface area contributed by atoms with Crippen LogP contribution in [0, 0.1) is 0 Å². The molecule has 2 aliphatic rings. The monoisotopic (exact) mass is 461 g/mol. The third kappa shape index (κ3) is 5.10. The molecule has 1 saturated carbocycles. The van der Waals surface area contributed by atoms with Crippen molar-refractivity contribution in [3.05, 3.63) is 95.1 Å². The number of amides is 1. The number of benzene rings is 3. The molecule has 33 heavy (non-hydrogen) atoms. The lowest BCUT2D eigenvalue weighted by atomic mass is 10.1. The summed E-state index contributed by atoms with van der Waals surface area (Å²) in [5.74, 6) is -0.230. The number of carbonyl (C=O) groups is 1. The predicted molar refractivity (Wildman–Crippen MR) is 129 cm³/mol. The summed E-state index contributed by atoms with van der Waals surface area (Å²) < 4.78 is 27.2. The van der Waals surface area contributed by atoms with E-state index in [2.05, 4.69) is 51.3 Å². The van der Waals surface area contributed by atoms with Gasteiger partial charge in [-0.05, 0) is 66.3 Å². The van der Waals surface area contributed by atoms with Crippen molar-refractivity contribution in [2.24, 2.45) is 0 Å². The Morgan fingerprint density at radius 3 is 2.33 bits per heavy atom. The van der Waals surface area contributed by atoms with E-state index in [-0.39, 0.29) is 16.8 Å². The zero-order valence-electron chi connectivity index (χ0n) is 18.3. The average molecular weight is 462 g/mol. The standard InChI is InChI=1S/C26H27N3O3S/c30-26(22-9-13-24(14-10-22)33(31,32)28-23-11-12-23)27-17-19-5-7-20(8-6-19)18-29-16-15-21-3-1-2-4-25(21)29/h1-10,13-14,23,28H,11-12,15-18H2,(H,27,30). The van der Waals surface area contributed by atoms with Gasteiger partial charge in [-0.1, -0.05) is 42.5 Å². The molecule has 1 amide bonds. The third-order valence-electron chi connectivity index (χ3n) is 6.16. The molecule has 0 radical (unpaired) electrons. The third-order valence-corrected chi connectivity index (χ3v) is 7.70. The molecule has 5 rings (SSSR count). The van der Waals surface area contributed by atoms with Gasteiger partial charge in [-0.2, -0.15) is 0 Å². The maximum absolute atomic E-state index is 12.5. The highest BCUT2D eigenvalue weighted by Gasteiger charge is 2.28. The molecule has 1 fully saturated rings. The van der Waals surface area contributed by atoms with Gasteiger partial charge in [0.2, 0.25) is 10.0 Å². The van der Waals surface area contributed by atoms with Crippen molar-refractivity contribution in [1.29, 1.82) is 0 Å². The smallest absolute Gasteiger partial charge is 0.251 e. The second-order valence-electron chi connectivity index (χ2n) is 8.72. The molecule has 0 aromatic heterocycles. The van der Waals surface area contributed by atoms with Crippen molar-refractivity contribution in [2.45, 2.75) is 43.3 Å². The molecule has 170 valence electrons. The van der Waals surface area contributed by atoms with Gasteiger partial charge < -0.3 is 10.2 Å². The highest BCUT2D eigenvalue weighted by Crippen LogP contribution is 2.28. The summed E-state index contributed by atoms with van der Waals surface area (Å²) in [6, 6.07) is 22.9. The Morgan fingerprint density at radius 1 is 0.909 bits per heavy atom. The number of sulfonamides is 1. The Labute approximate surface area is 194 Å². The molecule has 0 saturated heterocycles. The molecular weight excluding hydrogens is 434 g/mol. The zero-order valence-corrected chi connectivity index (χ0v) is 19.1. The number of anilines is 1. The van der Waals surface area contributed by atoms with Crippen LogP contribution in [-0.2, 0) is 29.5 Å². The normalized spacial score (nSPS) is 15.3. The molecule has 6 nitrogen and oxygen atoms in total. The van der Waals surface area contributed by atoms with Crippen LogP contribution in [0.5, 0.6) is 0 Å². The SMILES string of the molecule is O=C(NCc1ccc(CN2CCc3ccccc32)cc1)c1ccc(S(=O)(=O)NC2CC2)cc1. The minimum atomic E-state index is -3.51. The maximum atomic E-state index is 12.5. The molecular formula is C26H27N3O3S. The van der Waals surface area contributed by atoms with Crippen LogP contribution in [0.2, 0.25) is 0 Å². The lowest BCUT2D eigenvalue weighted by Crippen LogP contribution is -2.26. The van der Waals surface area contributed by atoms with E-state index in [0.717, 1.165) is 37.9 Å². The van der Waals surface area contributed by atoms with Crippen LogP contribution in [0.4, 0.5) is 5.69 Å². The Hall–Kier alpha value is -3.16. The van der Waals surface area contributed by atoms with Crippen molar-refractivity contribution in [3.63, 3.8) is 0 Å². The van der Waals surface area contributed by atoms with Crippen LogP contribution in [0.3, 0.4) is 0 Å². The van der Waals surface area contributed by atoms with E-state index >= 15 is 0 Å². The van der Waals surface area contributed by atoms with E-state index in [1.165, 1.54) is 28.9 Å². The first-order valence-electron chi connectivity index (χ1n) is 11.3. The average Bonchev–Trinajstić information content (AvgIpc) is 3.55. The van der Waals surface area contributed by atoms with Crippen LogP contribution in [-0.4, -0.2) is 26.9 Å². The van der Waals surface area contributed by atoms with Crippen LogP contribution in [0.1, 0.15) is 39.9 Å². The van der Waals surface area contributed by atoms with E-state index < -0.39 is 10.0 Å². The van der Waals surface area contributed by atoms with Gasteiger partial charge >= 0.3 is 0 Å². The summed E-state index contributed by atoms with van der Waals surface area (Å²) in [6.07, 6.45) is 2.85. The van der Waals surface area contributed by atoms with Gasteiger partial charge in [0, 0.05) is 36.9 Å². The minimum Gasteiger partial charge on any atom is -0.367 e. The van der Waals surface area contributed by atoms with Gasteiger partial charge in [-0.3, -0.25) is 4.79 Å². The number of hydrogen-bond donors (Lipinski definition) is 2. The molecule has 0 unspecified atom stereocenters. The van der Waals surface area contributed by atoms with Gasteiger partial charge in [-0.25, -0.2) is 13.1 Å². The number of carbonyl (C=O) groups excluding carboxylic acids is 1. The lowest BCUT2D eigenvalue weighted by Gasteiger charge is -2.19. The number of fused-ring (bicyclic) bond motifs is 1. The summed E-state index contributed by atoms with van der Waals surface area (Å²) in [5, 5.41) is 2.91. The molecule has 2 N–H and O–H groups in total. The maximum Gasteiger partial charge on any atom is 0.251 e. The summed E-state index contributed by atoms with van der Waals surface area (Å²) in [6.45, 7) is 2.32. The topological polar surface area (TPSA) is 78.5 Å². The first-order chi connectivity index (χ1) is 16.0. The summed E-state index contributed by atoms with van der Waals surface area (Å²) in [7, 11) is -3.51. The second-order valence-corrected chi connectivity index (χ2v) is 10.4. The zero-order chi connectivity index (χ0) is 22.8.